The summed E-state index contributed by atoms with van der Waals surface area (Å²) < 4.78 is 24.9. The van der Waals surface area contributed by atoms with Crippen LogP contribution in [0.15, 0.2) is 24.3 Å². The molecule has 1 fully saturated rings. The molecular weight excluding hydrogens is 234 g/mol. The van der Waals surface area contributed by atoms with Crippen molar-refractivity contribution in [2.45, 2.75) is 44.2 Å². The molecule has 2 rings (SSSR count). The lowest BCUT2D eigenvalue weighted by Crippen LogP contribution is -2.29. The average Bonchev–Trinajstić information content (AvgIpc) is 2.89. The second kappa shape index (κ2) is 5.92. The number of hydrogen-bond acceptors (Lipinski definition) is 2. The Morgan fingerprint density at radius 3 is 2.17 bits per heavy atom. The van der Waals surface area contributed by atoms with Crippen molar-refractivity contribution in [2.24, 2.45) is 0 Å². The minimum absolute atomic E-state index is 0.00342. The average molecular weight is 250 g/mol. The third kappa shape index (κ3) is 3.05. The lowest BCUT2D eigenvalue weighted by Gasteiger charge is -2.17. The van der Waals surface area contributed by atoms with Crippen LogP contribution in [0.25, 0.3) is 0 Å². The summed E-state index contributed by atoms with van der Waals surface area (Å²) in [4.78, 5) is 0. The first-order valence-electron chi connectivity index (χ1n) is 6.24. The number of alkyl halides is 2. The number of benzene rings is 1. The zero-order valence-corrected chi connectivity index (χ0v) is 10.1. The fourth-order valence-corrected chi connectivity index (χ4v) is 2.37. The minimum Gasteiger partial charge on any atom is -0.295 e. The number of hydrogen-bond donors (Lipinski definition) is 1. The summed E-state index contributed by atoms with van der Waals surface area (Å²) >= 11 is 0. The summed E-state index contributed by atoms with van der Waals surface area (Å²) in [5, 5.41) is 12.4. The molecule has 1 aromatic carbocycles. The Balaban J connectivity index is 2.05. The largest absolute Gasteiger partial charge is 0.295 e. The van der Waals surface area contributed by atoms with Gasteiger partial charge in [-0.15, -0.1) is 0 Å². The van der Waals surface area contributed by atoms with Gasteiger partial charge in [-0.2, -0.15) is 5.26 Å². The molecule has 0 heterocycles. The Morgan fingerprint density at radius 2 is 1.67 bits per heavy atom. The third-order valence-electron chi connectivity index (χ3n) is 3.41. The molecule has 18 heavy (non-hydrogen) atoms. The van der Waals surface area contributed by atoms with Crippen LogP contribution in [0.1, 0.15) is 49.3 Å². The van der Waals surface area contributed by atoms with E-state index in [2.05, 4.69) is 11.4 Å². The van der Waals surface area contributed by atoms with Gasteiger partial charge in [-0.1, -0.05) is 37.1 Å². The number of halogens is 2. The van der Waals surface area contributed by atoms with Crippen LogP contribution in [0.4, 0.5) is 8.78 Å². The SMILES string of the molecule is N#CC(NC1CCCC1)c1ccc(C(F)F)cc1. The molecule has 4 heteroatoms. The van der Waals surface area contributed by atoms with E-state index in [1.165, 1.54) is 25.0 Å². The van der Waals surface area contributed by atoms with E-state index in [-0.39, 0.29) is 5.56 Å². The Hall–Kier alpha value is -1.47. The molecule has 2 nitrogen and oxygen atoms in total. The van der Waals surface area contributed by atoms with Crippen molar-refractivity contribution in [1.29, 1.82) is 5.26 Å². The molecule has 0 bridgehead atoms. The Kier molecular flexibility index (Phi) is 4.27. The van der Waals surface area contributed by atoms with Crippen molar-refractivity contribution >= 4 is 0 Å². The zero-order chi connectivity index (χ0) is 13.0. The van der Waals surface area contributed by atoms with Gasteiger partial charge in [0.2, 0.25) is 0 Å². The summed E-state index contributed by atoms with van der Waals surface area (Å²) in [6, 6.07) is 8.17. The highest BCUT2D eigenvalue weighted by molar-refractivity contribution is 5.29. The van der Waals surface area contributed by atoms with E-state index in [1.54, 1.807) is 12.1 Å². The van der Waals surface area contributed by atoms with Gasteiger partial charge in [-0.3, -0.25) is 5.32 Å². The maximum absolute atomic E-state index is 12.4. The fraction of sp³-hybridized carbons (Fsp3) is 0.500. The molecule has 0 aromatic heterocycles. The highest BCUT2D eigenvalue weighted by Gasteiger charge is 2.20. The van der Waals surface area contributed by atoms with Crippen molar-refractivity contribution in [1.82, 2.24) is 5.32 Å². The molecule has 1 aromatic rings. The van der Waals surface area contributed by atoms with Crippen LogP contribution < -0.4 is 5.32 Å². The summed E-state index contributed by atoms with van der Waals surface area (Å²) in [7, 11) is 0. The fourth-order valence-electron chi connectivity index (χ4n) is 2.37. The van der Waals surface area contributed by atoms with Crippen LogP contribution in [0, 0.1) is 11.3 Å². The second-order valence-corrected chi connectivity index (χ2v) is 4.68. The van der Waals surface area contributed by atoms with E-state index in [0.717, 1.165) is 18.4 Å². The van der Waals surface area contributed by atoms with Gasteiger partial charge in [0.1, 0.15) is 6.04 Å². The molecule has 1 unspecified atom stereocenters. The van der Waals surface area contributed by atoms with Gasteiger partial charge in [0.05, 0.1) is 6.07 Å². The summed E-state index contributed by atoms with van der Waals surface area (Å²) in [6.07, 6.45) is 2.11. The molecule has 0 radical (unpaired) electrons. The minimum atomic E-state index is -2.46. The quantitative estimate of drug-likeness (QED) is 0.884. The van der Waals surface area contributed by atoms with Gasteiger partial charge in [0.25, 0.3) is 6.43 Å². The van der Waals surface area contributed by atoms with Gasteiger partial charge < -0.3 is 0 Å². The molecule has 1 saturated carbocycles. The van der Waals surface area contributed by atoms with Crippen molar-refractivity contribution in [2.75, 3.05) is 0 Å². The van der Waals surface area contributed by atoms with E-state index in [4.69, 9.17) is 5.26 Å². The monoisotopic (exact) mass is 250 g/mol. The predicted octanol–water partition coefficient (Wildman–Crippen LogP) is 3.72. The first-order valence-corrected chi connectivity index (χ1v) is 6.24. The van der Waals surface area contributed by atoms with E-state index >= 15 is 0 Å². The zero-order valence-electron chi connectivity index (χ0n) is 10.1. The highest BCUT2D eigenvalue weighted by atomic mass is 19.3. The van der Waals surface area contributed by atoms with Crippen molar-refractivity contribution < 1.29 is 8.78 Å². The molecule has 1 atom stereocenters. The normalized spacial score (nSPS) is 17.9. The maximum atomic E-state index is 12.4. The Bertz CT molecular complexity index is 416. The molecule has 0 saturated heterocycles. The van der Waals surface area contributed by atoms with Gasteiger partial charge in [-0.05, 0) is 18.4 Å². The maximum Gasteiger partial charge on any atom is 0.263 e. The number of rotatable bonds is 4. The van der Waals surface area contributed by atoms with Crippen LogP contribution in [0.5, 0.6) is 0 Å². The summed E-state index contributed by atoms with van der Waals surface area (Å²) in [5.41, 5.74) is 0.755. The van der Waals surface area contributed by atoms with E-state index in [0.29, 0.717) is 6.04 Å². The Morgan fingerprint density at radius 1 is 1.11 bits per heavy atom. The number of nitrogens with one attached hydrogen (secondary N) is 1. The number of nitriles is 1. The number of nitrogens with zero attached hydrogens (tertiary/aromatic N) is 1. The molecule has 0 amide bonds. The van der Waals surface area contributed by atoms with Crippen LogP contribution >= 0.6 is 0 Å². The van der Waals surface area contributed by atoms with Gasteiger partial charge in [0, 0.05) is 11.6 Å². The van der Waals surface area contributed by atoms with Crippen molar-refractivity contribution in [3.05, 3.63) is 35.4 Å². The molecular formula is C14H16F2N2. The lowest BCUT2D eigenvalue weighted by atomic mass is 10.0. The van der Waals surface area contributed by atoms with Crippen molar-refractivity contribution in [3.63, 3.8) is 0 Å². The Labute approximate surface area is 106 Å². The third-order valence-corrected chi connectivity index (χ3v) is 3.41. The lowest BCUT2D eigenvalue weighted by molar-refractivity contribution is 0.151. The van der Waals surface area contributed by atoms with Gasteiger partial charge in [-0.25, -0.2) is 8.78 Å². The van der Waals surface area contributed by atoms with Crippen molar-refractivity contribution in [3.8, 4) is 6.07 Å². The second-order valence-electron chi connectivity index (χ2n) is 4.68. The molecule has 1 aliphatic rings. The summed E-state index contributed by atoms with van der Waals surface area (Å²) in [6.45, 7) is 0. The first kappa shape index (κ1) is 13.0. The standard InChI is InChI=1S/C14H16F2N2/c15-14(16)11-7-5-10(6-8-11)13(9-17)18-12-3-1-2-4-12/h5-8,12-14,18H,1-4H2. The van der Waals surface area contributed by atoms with Gasteiger partial charge in [0.15, 0.2) is 0 Å². The van der Waals surface area contributed by atoms with Crippen LogP contribution in [0.3, 0.4) is 0 Å². The first-order chi connectivity index (χ1) is 8.70. The highest BCUT2D eigenvalue weighted by Crippen LogP contribution is 2.24. The van der Waals surface area contributed by atoms with E-state index in [9.17, 15) is 8.78 Å². The molecule has 96 valence electrons. The van der Waals surface area contributed by atoms with Gasteiger partial charge >= 0.3 is 0 Å². The van der Waals surface area contributed by atoms with Crippen LogP contribution in [-0.4, -0.2) is 6.04 Å². The predicted molar refractivity (Wildman–Crippen MR) is 65.1 cm³/mol. The molecule has 0 spiro atoms. The smallest absolute Gasteiger partial charge is 0.263 e. The van der Waals surface area contributed by atoms with E-state index in [1.807, 2.05) is 0 Å². The topological polar surface area (TPSA) is 35.8 Å². The van der Waals surface area contributed by atoms with Crippen LogP contribution in [-0.2, 0) is 0 Å². The molecule has 1 aliphatic carbocycles. The van der Waals surface area contributed by atoms with E-state index < -0.39 is 12.5 Å². The van der Waals surface area contributed by atoms with Crippen LogP contribution in [0.2, 0.25) is 0 Å². The molecule has 1 N–H and O–H groups in total. The molecule has 0 aliphatic heterocycles. The summed E-state index contributed by atoms with van der Waals surface area (Å²) in [5.74, 6) is 0.